The van der Waals surface area contributed by atoms with Crippen molar-refractivity contribution >= 4 is 16.0 Å². The van der Waals surface area contributed by atoms with Gasteiger partial charge >= 0.3 is 5.97 Å². The van der Waals surface area contributed by atoms with Crippen molar-refractivity contribution in [2.24, 2.45) is 5.14 Å². The molecule has 0 saturated heterocycles. The molecule has 1 aromatic rings. The maximum absolute atomic E-state index is 11.7. The summed E-state index contributed by atoms with van der Waals surface area (Å²) in [6.45, 7) is 6.84. The molecule has 19 heavy (non-hydrogen) atoms. The molecule has 5 nitrogen and oxygen atoms in total. The second kappa shape index (κ2) is 5.99. The van der Waals surface area contributed by atoms with Crippen molar-refractivity contribution < 1.29 is 17.9 Å². The van der Waals surface area contributed by atoms with Crippen LogP contribution in [0.1, 0.15) is 25.8 Å². The van der Waals surface area contributed by atoms with Crippen LogP contribution in [0.5, 0.6) is 5.75 Å². The Morgan fingerprint density at radius 1 is 1.42 bits per heavy atom. The summed E-state index contributed by atoms with van der Waals surface area (Å²) in [4.78, 5) is 11.4. The van der Waals surface area contributed by atoms with E-state index in [0.717, 1.165) is 6.42 Å². The molecule has 0 aliphatic rings. The topological polar surface area (TPSA) is 86.5 Å². The van der Waals surface area contributed by atoms with Crippen LogP contribution in [0.15, 0.2) is 35.2 Å². The lowest BCUT2D eigenvalue weighted by atomic mass is 10.1. The number of carbonyl (C=O) groups is 1. The molecule has 0 unspecified atom stereocenters. The van der Waals surface area contributed by atoms with E-state index in [1.807, 2.05) is 6.92 Å². The summed E-state index contributed by atoms with van der Waals surface area (Å²) >= 11 is 0. The number of esters is 1. The summed E-state index contributed by atoms with van der Waals surface area (Å²) in [7, 11) is -3.96. The van der Waals surface area contributed by atoms with Gasteiger partial charge in [-0.05, 0) is 25.0 Å². The quantitative estimate of drug-likeness (QED) is 0.507. The molecule has 0 fully saturated rings. The Morgan fingerprint density at radius 2 is 2.05 bits per heavy atom. The molecule has 0 spiro atoms. The van der Waals surface area contributed by atoms with Gasteiger partial charge in [-0.1, -0.05) is 32.1 Å². The van der Waals surface area contributed by atoms with Gasteiger partial charge in [-0.3, -0.25) is 0 Å². The van der Waals surface area contributed by atoms with Gasteiger partial charge in [-0.2, -0.15) is 0 Å². The summed E-state index contributed by atoms with van der Waals surface area (Å²) in [5.41, 5.74) is 0.721. The Morgan fingerprint density at radius 3 is 2.53 bits per heavy atom. The number of sulfonamides is 1. The number of primary sulfonamides is 1. The van der Waals surface area contributed by atoms with Crippen molar-refractivity contribution in [1.29, 1.82) is 0 Å². The highest BCUT2D eigenvalue weighted by Gasteiger charge is 2.21. The first-order chi connectivity index (χ1) is 8.77. The molecule has 1 aromatic carbocycles. The first kappa shape index (κ1) is 15.4. The zero-order valence-corrected chi connectivity index (χ0v) is 11.8. The zero-order chi connectivity index (χ0) is 14.6. The average molecular weight is 283 g/mol. The molecule has 0 aliphatic carbocycles. The molecule has 104 valence electrons. The van der Waals surface area contributed by atoms with Gasteiger partial charge in [0.1, 0.15) is 4.90 Å². The maximum atomic E-state index is 11.7. The molecule has 0 aliphatic heterocycles. The van der Waals surface area contributed by atoms with E-state index >= 15 is 0 Å². The normalized spacial score (nSPS) is 11.1. The second-order valence-corrected chi connectivity index (χ2v) is 5.71. The minimum absolute atomic E-state index is 0.0542. The van der Waals surface area contributed by atoms with Crippen LogP contribution >= 0.6 is 0 Å². The Balaban J connectivity index is 3.35. The molecule has 0 saturated carbocycles. The van der Waals surface area contributed by atoms with Crippen molar-refractivity contribution in [3.05, 3.63) is 35.9 Å². The molecule has 0 atom stereocenters. The van der Waals surface area contributed by atoms with Crippen LogP contribution in [0.3, 0.4) is 0 Å². The predicted molar refractivity (Wildman–Crippen MR) is 72.3 cm³/mol. The van der Waals surface area contributed by atoms with E-state index < -0.39 is 16.0 Å². The van der Waals surface area contributed by atoms with Crippen LogP contribution in [0.4, 0.5) is 0 Å². The first-order valence-corrected chi connectivity index (χ1v) is 7.34. The second-order valence-electron chi connectivity index (χ2n) is 4.21. The SMILES string of the molecule is C=C(C)C(=O)Oc1cccc(CCC)c1S(N)(=O)=O. The monoisotopic (exact) mass is 283 g/mol. The highest BCUT2D eigenvalue weighted by molar-refractivity contribution is 7.89. The van der Waals surface area contributed by atoms with E-state index in [1.165, 1.54) is 13.0 Å². The Kier molecular flexibility index (Phi) is 4.85. The maximum Gasteiger partial charge on any atom is 0.338 e. The van der Waals surface area contributed by atoms with Gasteiger partial charge in [-0.25, -0.2) is 18.4 Å². The van der Waals surface area contributed by atoms with Gasteiger partial charge in [0.15, 0.2) is 5.75 Å². The van der Waals surface area contributed by atoms with Crippen molar-refractivity contribution in [2.75, 3.05) is 0 Å². The van der Waals surface area contributed by atoms with E-state index in [1.54, 1.807) is 12.1 Å². The van der Waals surface area contributed by atoms with Crippen molar-refractivity contribution in [2.45, 2.75) is 31.6 Å². The van der Waals surface area contributed by atoms with Crippen LogP contribution in [0, 0.1) is 0 Å². The van der Waals surface area contributed by atoms with Crippen LogP contribution in [-0.2, 0) is 21.2 Å². The predicted octanol–water partition coefficient (Wildman–Crippen LogP) is 1.77. The van der Waals surface area contributed by atoms with Gasteiger partial charge < -0.3 is 4.74 Å². The number of aryl methyl sites for hydroxylation is 1. The Hall–Kier alpha value is -1.66. The van der Waals surface area contributed by atoms with E-state index in [-0.39, 0.29) is 16.2 Å². The summed E-state index contributed by atoms with van der Waals surface area (Å²) in [6.07, 6.45) is 1.28. The molecule has 0 heterocycles. The number of carbonyl (C=O) groups excluding carboxylic acids is 1. The van der Waals surface area contributed by atoms with E-state index in [4.69, 9.17) is 9.88 Å². The lowest BCUT2D eigenvalue weighted by Gasteiger charge is -2.12. The molecule has 0 radical (unpaired) electrons. The minimum Gasteiger partial charge on any atom is -0.422 e. The number of ether oxygens (including phenoxy) is 1. The molecule has 1 rings (SSSR count). The van der Waals surface area contributed by atoms with E-state index in [2.05, 4.69) is 6.58 Å². The van der Waals surface area contributed by atoms with Crippen LogP contribution in [0.25, 0.3) is 0 Å². The lowest BCUT2D eigenvalue weighted by Crippen LogP contribution is -2.18. The summed E-state index contributed by atoms with van der Waals surface area (Å²) in [6, 6.07) is 4.68. The largest absolute Gasteiger partial charge is 0.422 e. The van der Waals surface area contributed by atoms with Gasteiger partial charge in [0.25, 0.3) is 0 Å². The van der Waals surface area contributed by atoms with Crippen molar-refractivity contribution in [3.8, 4) is 5.75 Å². The van der Waals surface area contributed by atoms with Gasteiger partial charge in [0.05, 0.1) is 0 Å². The average Bonchev–Trinajstić information content (AvgIpc) is 2.27. The third-order valence-electron chi connectivity index (χ3n) is 2.42. The molecule has 0 aromatic heterocycles. The third kappa shape index (κ3) is 3.90. The number of benzene rings is 1. The molecule has 6 heteroatoms. The smallest absolute Gasteiger partial charge is 0.338 e. The lowest BCUT2D eigenvalue weighted by molar-refractivity contribution is -0.130. The number of hydrogen-bond donors (Lipinski definition) is 1. The Labute approximate surface area is 113 Å². The first-order valence-electron chi connectivity index (χ1n) is 5.79. The van der Waals surface area contributed by atoms with Crippen molar-refractivity contribution in [3.63, 3.8) is 0 Å². The van der Waals surface area contributed by atoms with Gasteiger partial charge in [-0.15, -0.1) is 0 Å². The van der Waals surface area contributed by atoms with Crippen LogP contribution < -0.4 is 9.88 Å². The van der Waals surface area contributed by atoms with Gasteiger partial charge in [0, 0.05) is 5.57 Å². The number of rotatable bonds is 5. The molecule has 2 N–H and O–H groups in total. The number of hydrogen-bond acceptors (Lipinski definition) is 4. The molecular weight excluding hydrogens is 266 g/mol. The fourth-order valence-corrected chi connectivity index (χ4v) is 2.54. The van der Waals surface area contributed by atoms with Gasteiger partial charge in [0.2, 0.25) is 10.0 Å². The summed E-state index contributed by atoms with van der Waals surface area (Å²) in [5, 5.41) is 5.20. The molecule has 0 bridgehead atoms. The zero-order valence-electron chi connectivity index (χ0n) is 11.0. The summed E-state index contributed by atoms with van der Waals surface area (Å²) < 4.78 is 28.4. The molecule has 0 amide bonds. The van der Waals surface area contributed by atoms with Crippen LogP contribution in [-0.4, -0.2) is 14.4 Å². The highest BCUT2D eigenvalue weighted by atomic mass is 32.2. The third-order valence-corrected chi connectivity index (χ3v) is 3.45. The fourth-order valence-electron chi connectivity index (χ4n) is 1.62. The minimum atomic E-state index is -3.96. The van der Waals surface area contributed by atoms with Crippen LogP contribution in [0.2, 0.25) is 0 Å². The standard InChI is InChI=1S/C13H17NO4S/c1-4-6-10-7-5-8-11(12(10)19(14,16)17)18-13(15)9(2)3/h5,7-8H,2,4,6H2,1,3H3,(H2,14,16,17). The molecular formula is C13H17NO4S. The Bertz CT molecular complexity index is 605. The van der Waals surface area contributed by atoms with E-state index in [0.29, 0.717) is 12.0 Å². The van der Waals surface area contributed by atoms with Crippen molar-refractivity contribution in [1.82, 2.24) is 0 Å². The summed E-state index contributed by atoms with van der Waals surface area (Å²) in [5.74, 6) is -0.736. The fraction of sp³-hybridized carbons (Fsp3) is 0.308. The highest BCUT2D eigenvalue weighted by Crippen LogP contribution is 2.28. The van der Waals surface area contributed by atoms with E-state index in [9.17, 15) is 13.2 Å². The number of nitrogens with two attached hydrogens (primary N) is 1.